The van der Waals surface area contributed by atoms with Crippen molar-refractivity contribution < 1.29 is 8.42 Å². The van der Waals surface area contributed by atoms with E-state index in [2.05, 4.69) is 11.6 Å². The molecule has 0 aromatic carbocycles. The smallest absolute Gasteiger partial charge is 0.211 e. The monoisotopic (exact) mass is 220 g/mol. The van der Waals surface area contributed by atoms with Crippen molar-refractivity contribution in [3.05, 3.63) is 0 Å². The molecule has 0 aromatic rings. The SMILES string of the molecule is CC1CC1CNS(=O)(=O)CCCCN. The van der Waals surface area contributed by atoms with Gasteiger partial charge in [0.25, 0.3) is 0 Å². The van der Waals surface area contributed by atoms with Crippen LogP contribution in [-0.2, 0) is 10.0 Å². The second-order valence-corrected chi connectivity index (χ2v) is 6.06. The van der Waals surface area contributed by atoms with E-state index < -0.39 is 10.0 Å². The molecular weight excluding hydrogens is 200 g/mol. The number of nitrogens with one attached hydrogen (secondary N) is 1. The largest absolute Gasteiger partial charge is 0.330 e. The van der Waals surface area contributed by atoms with Gasteiger partial charge < -0.3 is 5.73 Å². The van der Waals surface area contributed by atoms with E-state index in [1.807, 2.05) is 0 Å². The van der Waals surface area contributed by atoms with Crippen LogP contribution >= 0.6 is 0 Å². The van der Waals surface area contributed by atoms with Gasteiger partial charge in [0, 0.05) is 6.54 Å². The summed E-state index contributed by atoms with van der Waals surface area (Å²) in [7, 11) is -3.04. The van der Waals surface area contributed by atoms with Crippen molar-refractivity contribution in [1.29, 1.82) is 0 Å². The van der Waals surface area contributed by atoms with Gasteiger partial charge in [-0.15, -0.1) is 0 Å². The van der Waals surface area contributed by atoms with Crippen LogP contribution in [0.15, 0.2) is 0 Å². The molecule has 0 amide bonds. The summed E-state index contributed by atoms with van der Waals surface area (Å²) in [6, 6.07) is 0. The third-order valence-corrected chi connectivity index (χ3v) is 4.14. The molecule has 1 rings (SSSR count). The summed E-state index contributed by atoms with van der Waals surface area (Å²) in [6.07, 6.45) is 2.60. The van der Waals surface area contributed by atoms with Gasteiger partial charge >= 0.3 is 0 Å². The van der Waals surface area contributed by atoms with Crippen molar-refractivity contribution in [2.24, 2.45) is 17.6 Å². The molecule has 4 nitrogen and oxygen atoms in total. The first-order valence-corrected chi connectivity index (χ1v) is 6.88. The highest BCUT2D eigenvalue weighted by Gasteiger charge is 2.32. The van der Waals surface area contributed by atoms with E-state index in [4.69, 9.17) is 5.73 Å². The minimum Gasteiger partial charge on any atom is -0.330 e. The summed E-state index contributed by atoms with van der Waals surface area (Å²) in [5.41, 5.74) is 5.29. The van der Waals surface area contributed by atoms with E-state index in [0.717, 1.165) is 12.8 Å². The second-order valence-electron chi connectivity index (χ2n) is 4.14. The Kier molecular flexibility index (Phi) is 4.34. The fraction of sp³-hybridized carbons (Fsp3) is 1.00. The predicted octanol–water partition coefficient (Wildman–Crippen LogP) is 0.301. The van der Waals surface area contributed by atoms with Gasteiger partial charge in [-0.25, -0.2) is 13.1 Å². The number of nitrogens with two attached hydrogens (primary N) is 1. The van der Waals surface area contributed by atoms with Gasteiger partial charge in [0.15, 0.2) is 0 Å². The zero-order chi connectivity index (χ0) is 10.6. The van der Waals surface area contributed by atoms with Crippen LogP contribution in [0.4, 0.5) is 0 Å². The number of sulfonamides is 1. The van der Waals surface area contributed by atoms with Crippen LogP contribution in [0.5, 0.6) is 0 Å². The Bertz CT molecular complexity index is 264. The zero-order valence-corrected chi connectivity index (χ0v) is 9.52. The zero-order valence-electron chi connectivity index (χ0n) is 8.70. The van der Waals surface area contributed by atoms with Crippen LogP contribution in [0.1, 0.15) is 26.2 Å². The Balaban J connectivity index is 2.14. The molecule has 1 saturated carbocycles. The highest BCUT2D eigenvalue weighted by Crippen LogP contribution is 2.36. The molecule has 14 heavy (non-hydrogen) atoms. The first kappa shape index (κ1) is 11.9. The number of hydrogen-bond donors (Lipinski definition) is 2. The van der Waals surface area contributed by atoms with E-state index in [0.29, 0.717) is 31.3 Å². The van der Waals surface area contributed by atoms with Crippen LogP contribution in [0, 0.1) is 11.8 Å². The Morgan fingerprint density at radius 3 is 2.57 bits per heavy atom. The van der Waals surface area contributed by atoms with Crippen molar-refractivity contribution >= 4 is 10.0 Å². The molecular formula is C9H20N2O2S. The minimum absolute atomic E-state index is 0.214. The summed E-state index contributed by atoms with van der Waals surface area (Å²) >= 11 is 0. The lowest BCUT2D eigenvalue weighted by atomic mass is 10.3. The maximum absolute atomic E-state index is 11.4. The lowest BCUT2D eigenvalue weighted by molar-refractivity contribution is 0.570. The molecule has 5 heteroatoms. The summed E-state index contributed by atoms with van der Waals surface area (Å²) in [5, 5.41) is 0. The average molecular weight is 220 g/mol. The maximum Gasteiger partial charge on any atom is 0.211 e. The Labute approximate surface area is 86.3 Å². The molecule has 1 fully saturated rings. The first-order chi connectivity index (χ1) is 6.55. The third kappa shape index (κ3) is 4.39. The van der Waals surface area contributed by atoms with Crippen molar-refractivity contribution in [3.63, 3.8) is 0 Å². The van der Waals surface area contributed by atoms with Gasteiger partial charge in [-0.1, -0.05) is 6.92 Å². The van der Waals surface area contributed by atoms with E-state index in [-0.39, 0.29) is 5.75 Å². The first-order valence-electron chi connectivity index (χ1n) is 5.22. The molecule has 3 N–H and O–H groups in total. The second kappa shape index (κ2) is 5.09. The fourth-order valence-corrected chi connectivity index (χ4v) is 2.62. The quantitative estimate of drug-likeness (QED) is 0.606. The van der Waals surface area contributed by atoms with Gasteiger partial charge in [0.2, 0.25) is 10.0 Å². The minimum atomic E-state index is -3.04. The molecule has 0 aromatic heterocycles. The molecule has 0 spiro atoms. The van der Waals surface area contributed by atoms with Crippen molar-refractivity contribution in [2.75, 3.05) is 18.8 Å². The molecule has 0 aliphatic heterocycles. The number of unbranched alkanes of at least 4 members (excludes halogenated alkanes) is 1. The highest BCUT2D eigenvalue weighted by atomic mass is 32.2. The van der Waals surface area contributed by atoms with E-state index in [1.54, 1.807) is 0 Å². The van der Waals surface area contributed by atoms with Gasteiger partial charge in [-0.3, -0.25) is 0 Å². The number of rotatable bonds is 7. The van der Waals surface area contributed by atoms with Crippen LogP contribution in [0.3, 0.4) is 0 Å². The standard InChI is InChI=1S/C9H20N2O2S/c1-8-6-9(8)7-11-14(12,13)5-3-2-4-10/h8-9,11H,2-7,10H2,1H3. The lowest BCUT2D eigenvalue weighted by Crippen LogP contribution is -2.28. The summed E-state index contributed by atoms with van der Waals surface area (Å²) in [4.78, 5) is 0. The van der Waals surface area contributed by atoms with Crippen molar-refractivity contribution in [1.82, 2.24) is 4.72 Å². The molecule has 2 atom stereocenters. The summed E-state index contributed by atoms with van der Waals surface area (Å²) < 4.78 is 25.4. The van der Waals surface area contributed by atoms with E-state index in [1.165, 1.54) is 0 Å². The van der Waals surface area contributed by atoms with Crippen LogP contribution in [0.25, 0.3) is 0 Å². The van der Waals surface area contributed by atoms with Crippen LogP contribution in [0.2, 0.25) is 0 Å². The average Bonchev–Trinajstić information content (AvgIpc) is 2.79. The van der Waals surface area contributed by atoms with Crippen LogP contribution in [-0.4, -0.2) is 27.3 Å². The normalized spacial score (nSPS) is 26.4. The summed E-state index contributed by atoms with van der Waals surface area (Å²) in [5.74, 6) is 1.48. The Morgan fingerprint density at radius 1 is 1.43 bits per heavy atom. The molecule has 0 bridgehead atoms. The molecule has 0 heterocycles. The molecule has 0 radical (unpaired) electrons. The molecule has 84 valence electrons. The number of hydrogen-bond acceptors (Lipinski definition) is 3. The Morgan fingerprint density at radius 2 is 2.07 bits per heavy atom. The van der Waals surface area contributed by atoms with Crippen molar-refractivity contribution in [3.8, 4) is 0 Å². The van der Waals surface area contributed by atoms with Gasteiger partial charge in [-0.2, -0.15) is 0 Å². The Hall–Kier alpha value is -0.130. The van der Waals surface area contributed by atoms with Gasteiger partial charge in [-0.05, 0) is 37.6 Å². The molecule has 1 aliphatic carbocycles. The molecule has 2 unspecified atom stereocenters. The third-order valence-electron chi connectivity index (χ3n) is 2.71. The predicted molar refractivity (Wildman–Crippen MR) is 57.3 cm³/mol. The molecule has 1 aliphatic rings. The van der Waals surface area contributed by atoms with Crippen LogP contribution < -0.4 is 10.5 Å². The molecule has 0 saturated heterocycles. The maximum atomic E-state index is 11.4. The summed E-state index contributed by atoms with van der Waals surface area (Å²) in [6.45, 7) is 3.33. The fourth-order valence-electron chi connectivity index (χ4n) is 1.43. The highest BCUT2D eigenvalue weighted by molar-refractivity contribution is 7.89. The topological polar surface area (TPSA) is 72.2 Å². The van der Waals surface area contributed by atoms with Gasteiger partial charge in [0.05, 0.1) is 5.75 Å². The van der Waals surface area contributed by atoms with Gasteiger partial charge in [0.1, 0.15) is 0 Å². The van der Waals surface area contributed by atoms with Crippen molar-refractivity contribution in [2.45, 2.75) is 26.2 Å². The van der Waals surface area contributed by atoms with E-state index >= 15 is 0 Å². The lowest BCUT2D eigenvalue weighted by Gasteiger charge is -2.05. The van der Waals surface area contributed by atoms with E-state index in [9.17, 15) is 8.42 Å².